The lowest BCUT2D eigenvalue weighted by atomic mass is 10.2. The Hall–Kier alpha value is -1.46. The van der Waals surface area contributed by atoms with Gasteiger partial charge < -0.3 is 14.3 Å². The maximum absolute atomic E-state index is 9.48. The number of methoxy groups -OCH3 is 1. The van der Waals surface area contributed by atoms with Crippen molar-refractivity contribution in [1.29, 1.82) is 0 Å². The average Bonchev–Trinajstić information content (AvgIpc) is 2.59. The van der Waals surface area contributed by atoms with Crippen LogP contribution in [0.2, 0.25) is 5.04 Å². The van der Waals surface area contributed by atoms with E-state index in [1.807, 2.05) is 12.1 Å². The van der Waals surface area contributed by atoms with Gasteiger partial charge in [0, 0.05) is 7.11 Å². The molecule has 24 heavy (non-hydrogen) atoms. The number of hydrogen-bond donors (Lipinski definition) is 1. The van der Waals surface area contributed by atoms with E-state index in [2.05, 4.69) is 69.3 Å². The topological polar surface area (TPSA) is 38.7 Å². The number of aliphatic hydroxyl groups excluding tert-OH is 1. The quantitative estimate of drug-likeness (QED) is 0.785. The Labute approximate surface area is 146 Å². The molecule has 0 aliphatic carbocycles. The fourth-order valence-electron chi connectivity index (χ4n) is 3.17. The molecule has 0 saturated carbocycles. The zero-order valence-corrected chi connectivity index (χ0v) is 16.0. The van der Waals surface area contributed by atoms with Gasteiger partial charge in [0.2, 0.25) is 0 Å². The van der Waals surface area contributed by atoms with Crippen LogP contribution < -0.4 is 10.4 Å². The molecule has 2 rings (SSSR count). The molecule has 0 fully saturated rings. The summed E-state index contributed by atoms with van der Waals surface area (Å²) in [4.78, 5) is 0. The second-order valence-corrected chi connectivity index (χ2v) is 11.3. The van der Waals surface area contributed by atoms with Crippen molar-refractivity contribution in [2.45, 2.75) is 31.9 Å². The van der Waals surface area contributed by atoms with Crippen molar-refractivity contribution in [3.63, 3.8) is 0 Å². The van der Waals surface area contributed by atoms with Gasteiger partial charge in [-0.15, -0.1) is 0 Å². The van der Waals surface area contributed by atoms with Crippen molar-refractivity contribution in [2.75, 3.05) is 20.3 Å². The third kappa shape index (κ3) is 3.78. The van der Waals surface area contributed by atoms with Crippen LogP contribution in [0, 0.1) is 0 Å². The summed E-state index contributed by atoms with van der Waals surface area (Å²) in [5.41, 5.74) is 0. The lowest BCUT2D eigenvalue weighted by Crippen LogP contribution is -2.67. The molecule has 2 aromatic carbocycles. The summed E-state index contributed by atoms with van der Waals surface area (Å²) in [6.45, 7) is 7.04. The minimum absolute atomic E-state index is 0.0469. The molecule has 0 aliphatic rings. The van der Waals surface area contributed by atoms with Crippen LogP contribution in [-0.4, -0.2) is 39.9 Å². The second-order valence-electron chi connectivity index (χ2n) is 7.01. The van der Waals surface area contributed by atoms with Crippen LogP contribution in [0.15, 0.2) is 60.7 Å². The van der Waals surface area contributed by atoms with E-state index in [-0.39, 0.29) is 17.7 Å². The van der Waals surface area contributed by atoms with Crippen molar-refractivity contribution in [1.82, 2.24) is 0 Å². The zero-order chi connectivity index (χ0) is 17.6. The molecule has 0 aliphatic heterocycles. The molecule has 130 valence electrons. The Balaban J connectivity index is 2.57. The Kier molecular flexibility index (Phi) is 6.35. The second kappa shape index (κ2) is 8.08. The van der Waals surface area contributed by atoms with Crippen molar-refractivity contribution in [2.24, 2.45) is 0 Å². The molecular weight excluding hydrogens is 316 g/mol. The average molecular weight is 345 g/mol. The van der Waals surface area contributed by atoms with Crippen LogP contribution in [0.1, 0.15) is 20.8 Å². The monoisotopic (exact) mass is 344 g/mol. The van der Waals surface area contributed by atoms with Crippen LogP contribution in [0.25, 0.3) is 0 Å². The first-order chi connectivity index (χ1) is 11.5. The van der Waals surface area contributed by atoms with E-state index in [0.717, 1.165) is 0 Å². The maximum Gasteiger partial charge on any atom is 0.261 e. The molecule has 0 heterocycles. The van der Waals surface area contributed by atoms with Crippen LogP contribution in [0.4, 0.5) is 0 Å². The first-order valence-corrected chi connectivity index (χ1v) is 10.2. The molecule has 1 unspecified atom stereocenters. The van der Waals surface area contributed by atoms with Gasteiger partial charge in [-0.2, -0.15) is 0 Å². The highest BCUT2D eigenvalue weighted by Crippen LogP contribution is 2.36. The summed E-state index contributed by atoms with van der Waals surface area (Å²) < 4.78 is 12.0. The van der Waals surface area contributed by atoms with Gasteiger partial charge in [-0.3, -0.25) is 0 Å². The standard InChI is InChI=1S/C20H28O3Si/c1-20(2,3)24(18-11-7-5-8-12-18,19-13-9-6-10-14-19)23-16-17(15-21)22-4/h5-14,17,21H,15-16H2,1-4H3. The lowest BCUT2D eigenvalue weighted by molar-refractivity contribution is 0.0138. The van der Waals surface area contributed by atoms with Gasteiger partial charge in [-0.05, 0) is 15.4 Å². The summed E-state index contributed by atoms with van der Waals surface area (Å²) in [5, 5.41) is 11.9. The molecule has 0 amide bonds. The molecule has 0 radical (unpaired) electrons. The highest BCUT2D eigenvalue weighted by Gasteiger charge is 2.50. The third-order valence-electron chi connectivity index (χ3n) is 4.44. The lowest BCUT2D eigenvalue weighted by Gasteiger charge is -2.43. The van der Waals surface area contributed by atoms with Crippen LogP contribution in [0.5, 0.6) is 0 Å². The van der Waals surface area contributed by atoms with Gasteiger partial charge in [0.05, 0.1) is 13.2 Å². The Morgan fingerprint density at radius 3 is 1.71 bits per heavy atom. The van der Waals surface area contributed by atoms with Crippen LogP contribution >= 0.6 is 0 Å². The first-order valence-electron chi connectivity index (χ1n) is 8.34. The van der Waals surface area contributed by atoms with Gasteiger partial charge in [0.25, 0.3) is 8.32 Å². The summed E-state index contributed by atoms with van der Waals surface area (Å²) >= 11 is 0. The Bertz CT molecular complexity index is 564. The minimum Gasteiger partial charge on any atom is -0.405 e. The molecule has 0 bridgehead atoms. The van der Waals surface area contributed by atoms with Crippen molar-refractivity contribution in [3.8, 4) is 0 Å². The largest absolute Gasteiger partial charge is 0.405 e. The summed E-state index contributed by atoms with van der Waals surface area (Å²) in [6.07, 6.45) is -0.313. The van der Waals surface area contributed by atoms with Crippen LogP contribution in [0.3, 0.4) is 0 Å². The van der Waals surface area contributed by atoms with E-state index in [9.17, 15) is 5.11 Å². The predicted molar refractivity (Wildman–Crippen MR) is 101 cm³/mol. The number of rotatable bonds is 7. The Morgan fingerprint density at radius 1 is 0.917 bits per heavy atom. The zero-order valence-electron chi connectivity index (χ0n) is 15.0. The number of hydrogen-bond acceptors (Lipinski definition) is 3. The van der Waals surface area contributed by atoms with E-state index in [0.29, 0.717) is 6.61 Å². The van der Waals surface area contributed by atoms with E-state index >= 15 is 0 Å². The normalized spacial score (nSPS) is 13.7. The van der Waals surface area contributed by atoms with E-state index in [1.54, 1.807) is 7.11 Å². The van der Waals surface area contributed by atoms with Crippen molar-refractivity contribution < 1.29 is 14.3 Å². The molecule has 0 aromatic heterocycles. The van der Waals surface area contributed by atoms with Crippen molar-refractivity contribution in [3.05, 3.63) is 60.7 Å². The smallest absolute Gasteiger partial charge is 0.261 e. The molecule has 4 heteroatoms. The molecule has 3 nitrogen and oxygen atoms in total. The molecule has 0 saturated heterocycles. The van der Waals surface area contributed by atoms with Gasteiger partial charge in [-0.25, -0.2) is 0 Å². The minimum atomic E-state index is -2.54. The van der Waals surface area contributed by atoms with Crippen molar-refractivity contribution >= 4 is 18.7 Å². The van der Waals surface area contributed by atoms with E-state index < -0.39 is 8.32 Å². The summed E-state index contributed by atoms with van der Waals surface area (Å²) in [5.74, 6) is 0. The maximum atomic E-state index is 9.48. The predicted octanol–water partition coefficient (Wildman–Crippen LogP) is 2.57. The fourth-order valence-corrected chi connectivity index (χ4v) is 7.77. The summed E-state index contributed by atoms with van der Waals surface area (Å²) in [7, 11) is -0.929. The highest BCUT2D eigenvalue weighted by molar-refractivity contribution is 6.99. The number of benzene rings is 2. The number of ether oxygens (including phenoxy) is 1. The third-order valence-corrected chi connectivity index (χ3v) is 9.44. The van der Waals surface area contributed by atoms with Crippen LogP contribution in [-0.2, 0) is 9.16 Å². The molecular formula is C20H28O3Si. The molecule has 2 aromatic rings. The highest BCUT2D eigenvalue weighted by atomic mass is 28.4. The van der Waals surface area contributed by atoms with Gasteiger partial charge in [0.15, 0.2) is 0 Å². The molecule has 0 spiro atoms. The van der Waals surface area contributed by atoms with Gasteiger partial charge in [0.1, 0.15) is 6.10 Å². The van der Waals surface area contributed by atoms with Gasteiger partial charge >= 0.3 is 0 Å². The van der Waals surface area contributed by atoms with Gasteiger partial charge in [-0.1, -0.05) is 81.4 Å². The summed E-state index contributed by atoms with van der Waals surface area (Å²) in [6, 6.07) is 20.9. The first kappa shape index (κ1) is 18.9. The molecule has 1 N–H and O–H groups in total. The van der Waals surface area contributed by atoms with E-state index in [1.165, 1.54) is 10.4 Å². The van der Waals surface area contributed by atoms with E-state index in [4.69, 9.17) is 9.16 Å². The Morgan fingerprint density at radius 2 is 1.38 bits per heavy atom. The molecule has 1 atom stereocenters. The fraction of sp³-hybridized carbons (Fsp3) is 0.400. The number of aliphatic hydroxyl groups is 1. The SMILES string of the molecule is COC(CO)CO[Si](c1ccccc1)(c1ccccc1)C(C)(C)C.